The van der Waals surface area contributed by atoms with E-state index < -0.39 is 5.97 Å². The van der Waals surface area contributed by atoms with Gasteiger partial charge < -0.3 is 14.7 Å². The Morgan fingerprint density at radius 3 is 2.56 bits per heavy atom. The van der Waals surface area contributed by atoms with Crippen molar-refractivity contribution in [1.82, 2.24) is 4.90 Å². The van der Waals surface area contributed by atoms with Crippen molar-refractivity contribution in [3.8, 4) is 0 Å². The molecule has 1 heterocycles. The summed E-state index contributed by atoms with van der Waals surface area (Å²) in [6, 6.07) is 0. The van der Waals surface area contributed by atoms with Crippen LogP contribution in [0.3, 0.4) is 0 Å². The van der Waals surface area contributed by atoms with E-state index in [0.29, 0.717) is 25.6 Å². The molecule has 0 radical (unpaired) electrons. The largest absolute Gasteiger partial charge is 0.481 e. The number of hydrogen-bond acceptors (Lipinski definition) is 3. The molecule has 2 atom stereocenters. The van der Waals surface area contributed by atoms with Crippen LogP contribution >= 0.6 is 0 Å². The summed E-state index contributed by atoms with van der Waals surface area (Å²) in [6.07, 6.45) is 3.79. The molecule has 5 heteroatoms. The molecule has 1 aliphatic rings. The predicted octanol–water partition coefficient (Wildman–Crippen LogP) is 1.66. The lowest BCUT2D eigenvalue weighted by atomic mass is 10.1. The van der Waals surface area contributed by atoms with E-state index in [1.165, 1.54) is 0 Å². The van der Waals surface area contributed by atoms with Crippen LogP contribution in [0.25, 0.3) is 0 Å². The van der Waals surface area contributed by atoms with Crippen LogP contribution in [0, 0.1) is 0 Å². The number of ether oxygens (including phenoxy) is 1. The number of carboxylic acids is 1. The van der Waals surface area contributed by atoms with Gasteiger partial charge >= 0.3 is 5.97 Å². The Hall–Kier alpha value is -1.10. The first-order chi connectivity index (χ1) is 8.52. The first-order valence-electron chi connectivity index (χ1n) is 6.68. The predicted molar refractivity (Wildman–Crippen MR) is 67.3 cm³/mol. The Labute approximate surface area is 108 Å². The molecule has 1 fully saturated rings. The maximum atomic E-state index is 11.9. The molecule has 104 valence electrons. The molecule has 5 nitrogen and oxygen atoms in total. The maximum Gasteiger partial charge on any atom is 0.305 e. The second-order valence-electron chi connectivity index (χ2n) is 4.80. The summed E-state index contributed by atoms with van der Waals surface area (Å²) in [5.41, 5.74) is 0. The van der Waals surface area contributed by atoms with Crippen LogP contribution in [0.4, 0.5) is 0 Å². The minimum Gasteiger partial charge on any atom is -0.481 e. The minimum atomic E-state index is -0.866. The van der Waals surface area contributed by atoms with E-state index in [4.69, 9.17) is 9.84 Å². The number of rotatable bonds is 7. The zero-order valence-corrected chi connectivity index (χ0v) is 11.2. The highest BCUT2D eigenvalue weighted by Crippen LogP contribution is 2.22. The molecule has 1 rings (SSSR count). The van der Waals surface area contributed by atoms with Crippen LogP contribution in [0.1, 0.15) is 46.0 Å². The fourth-order valence-electron chi connectivity index (χ4n) is 2.23. The van der Waals surface area contributed by atoms with Gasteiger partial charge in [0.15, 0.2) is 0 Å². The van der Waals surface area contributed by atoms with Crippen LogP contribution < -0.4 is 0 Å². The maximum absolute atomic E-state index is 11.9. The number of amides is 1. The molecule has 0 aliphatic carbocycles. The van der Waals surface area contributed by atoms with Crippen LogP contribution in [0.2, 0.25) is 0 Å². The molecular formula is C13H23NO4. The van der Waals surface area contributed by atoms with Crippen molar-refractivity contribution in [2.75, 3.05) is 13.1 Å². The quantitative estimate of drug-likeness (QED) is 0.753. The van der Waals surface area contributed by atoms with E-state index in [0.717, 1.165) is 19.3 Å². The third kappa shape index (κ3) is 5.04. The van der Waals surface area contributed by atoms with Gasteiger partial charge in [0.25, 0.3) is 0 Å². The van der Waals surface area contributed by atoms with Crippen LogP contribution in [0.15, 0.2) is 0 Å². The number of carbonyl (C=O) groups excluding carboxylic acids is 1. The Morgan fingerprint density at radius 1 is 1.33 bits per heavy atom. The first kappa shape index (κ1) is 15.0. The topological polar surface area (TPSA) is 66.8 Å². The molecule has 0 saturated carbocycles. The fourth-order valence-corrected chi connectivity index (χ4v) is 2.23. The van der Waals surface area contributed by atoms with Crippen LogP contribution in [-0.2, 0) is 14.3 Å². The van der Waals surface area contributed by atoms with Gasteiger partial charge in [0.05, 0.1) is 18.6 Å². The molecule has 0 aromatic carbocycles. The molecule has 1 saturated heterocycles. The molecule has 0 bridgehead atoms. The molecule has 0 aromatic heterocycles. The number of carbonyl (C=O) groups is 2. The average molecular weight is 257 g/mol. The molecule has 0 aromatic rings. The number of nitrogens with zero attached hydrogens (tertiary/aromatic N) is 1. The normalized spacial score (nSPS) is 23.0. The van der Waals surface area contributed by atoms with Gasteiger partial charge in [-0.1, -0.05) is 0 Å². The van der Waals surface area contributed by atoms with Crippen molar-refractivity contribution in [2.45, 2.75) is 58.2 Å². The fraction of sp³-hybridized carbons (Fsp3) is 0.846. The lowest BCUT2D eigenvalue weighted by molar-refractivity contribution is -0.138. The van der Waals surface area contributed by atoms with Gasteiger partial charge in [-0.15, -0.1) is 0 Å². The van der Waals surface area contributed by atoms with Gasteiger partial charge in [0.1, 0.15) is 0 Å². The third-order valence-electron chi connectivity index (χ3n) is 3.33. The summed E-state index contributed by atoms with van der Waals surface area (Å²) in [5, 5.41) is 8.61. The molecule has 1 N–H and O–H groups in total. The van der Waals surface area contributed by atoms with E-state index in [1.807, 2.05) is 13.8 Å². The molecule has 1 amide bonds. The van der Waals surface area contributed by atoms with E-state index in [9.17, 15) is 9.59 Å². The van der Waals surface area contributed by atoms with Gasteiger partial charge in [-0.3, -0.25) is 9.59 Å². The summed E-state index contributed by atoms with van der Waals surface area (Å²) < 4.78 is 5.66. The highest BCUT2D eigenvalue weighted by Gasteiger charge is 2.23. The number of carboxylic acid groups (broad SMARTS) is 1. The van der Waals surface area contributed by atoms with Gasteiger partial charge in [-0.05, 0) is 33.1 Å². The Bertz CT molecular complexity index is 293. The average Bonchev–Trinajstić information content (AvgIpc) is 2.73. The standard InChI is InChI=1S/C13H23NO4/c1-3-14(9-8-13(16)17)12(15)7-6-11-5-4-10(2)18-11/h10-11H,3-9H2,1-2H3,(H,16,17)/t10-,11-/m1/s1. The highest BCUT2D eigenvalue weighted by molar-refractivity contribution is 5.77. The Balaban J connectivity index is 2.26. The number of aliphatic carboxylic acids is 1. The molecule has 18 heavy (non-hydrogen) atoms. The monoisotopic (exact) mass is 257 g/mol. The summed E-state index contributed by atoms with van der Waals surface area (Å²) >= 11 is 0. The van der Waals surface area contributed by atoms with Crippen molar-refractivity contribution >= 4 is 11.9 Å². The summed E-state index contributed by atoms with van der Waals surface area (Å²) in [7, 11) is 0. The summed E-state index contributed by atoms with van der Waals surface area (Å²) in [5.74, 6) is -0.837. The zero-order chi connectivity index (χ0) is 13.5. The summed E-state index contributed by atoms with van der Waals surface area (Å²) in [6.45, 7) is 4.78. The van der Waals surface area contributed by atoms with Crippen molar-refractivity contribution in [3.05, 3.63) is 0 Å². The van der Waals surface area contributed by atoms with E-state index in [1.54, 1.807) is 4.90 Å². The van der Waals surface area contributed by atoms with Gasteiger partial charge in [-0.2, -0.15) is 0 Å². The van der Waals surface area contributed by atoms with E-state index >= 15 is 0 Å². The molecule has 0 unspecified atom stereocenters. The van der Waals surface area contributed by atoms with Gasteiger partial charge in [0.2, 0.25) is 5.91 Å². The van der Waals surface area contributed by atoms with Gasteiger partial charge in [-0.25, -0.2) is 0 Å². The molecule has 1 aliphatic heterocycles. The smallest absolute Gasteiger partial charge is 0.305 e. The molecule has 0 spiro atoms. The van der Waals surface area contributed by atoms with Crippen LogP contribution in [-0.4, -0.2) is 47.2 Å². The first-order valence-corrected chi connectivity index (χ1v) is 6.68. The SMILES string of the molecule is CCN(CCC(=O)O)C(=O)CC[C@H]1CC[C@@H](C)O1. The van der Waals surface area contributed by atoms with Crippen molar-refractivity contribution < 1.29 is 19.4 Å². The van der Waals surface area contributed by atoms with E-state index in [2.05, 4.69) is 0 Å². The summed E-state index contributed by atoms with van der Waals surface area (Å²) in [4.78, 5) is 24.0. The lowest BCUT2D eigenvalue weighted by Gasteiger charge is -2.20. The lowest BCUT2D eigenvalue weighted by Crippen LogP contribution is -2.33. The van der Waals surface area contributed by atoms with Crippen molar-refractivity contribution in [3.63, 3.8) is 0 Å². The van der Waals surface area contributed by atoms with Crippen molar-refractivity contribution in [2.24, 2.45) is 0 Å². The Morgan fingerprint density at radius 2 is 2.06 bits per heavy atom. The molecular weight excluding hydrogens is 234 g/mol. The van der Waals surface area contributed by atoms with E-state index in [-0.39, 0.29) is 18.4 Å². The highest BCUT2D eigenvalue weighted by atomic mass is 16.5. The van der Waals surface area contributed by atoms with Crippen molar-refractivity contribution in [1.29, 1.82) is 0 Å². The van der Waals surface area contributed by atoms with Gasteiger partial charge in [0, 0.05) is 19.5 Å². The second-order valence-corrected chi connectivity index (χ2v) is 4.80. The Kier molecular flexibility index (Phi) is 6.12. The second kappa shape index (κ2) is 7.36. The third-order valence-corrected chi connectivity index (χ3v) is 3.33. The van der Waals surface area contributed by atoms with Crippen LogP contribution in [0.5, 0.6) is 0 Å². The minimum absolute atomic E-state index is 0.0105. The zero-order valence-electron chi connectivity index (χ0n) is 11.2. The number of hydrogen-bond donors (Lipinski definition) is 1.